The van der Waals surface area contributed by atoms with Crippen LogP contribution in [0.4, 0.5) is 5.00 Å². The number of nitrogens with one attached hydrogen (secondary N) is 1. The number of amides is 1. The third kappa shape index (κ3) is 2.85. The Balaban J connectivity index is 1.69. The Morgan fingerprint density at radius 3 is 2.92 bits per heavy atom. The molecule has 0 saturated heterocycles. The molecule has 25 heavy (non-hydrogen) atoms. The second-order valence-electron chi connectivity index (χ2n) is 6.36. The van der Waals surface area contributed by atoms with E-state index in [1.165, 1.54) is 27.6 Å². The van der Waals surface area contributed by atoms with Crippen LogP contribution in [0.15, 0.2) is 24.3 Å². The van der Waals surface area contributed by atoms with Crippen molar-refractivity contribution in [1.29, 1.82) is 5.26 Å². The van der Waals surface area contributed by atoms with Gasteiger partial charge in [-0.3, -0.25) is 4.79 Å². The van der Waals surface area contributed by atoms with E-state index in [-0.39, 0.29) is 5.91 Å². The van der Waals surface area contributed by atoms with Crippen LogP contribution >= 0.6 is 34.3 Å². The first-order valence-electron chi connectivity index (χ1n) is 8.11. The van der Waals surface area contributed by atoms with Gasteiger partial charge in [-0.1, -0.05) is 36.7 Å². The zero-order valence-electron chi connectivity index (χ0n) is 13.6. The average molecular weight is 387 g/mol. The van der Waals surface area contributed by atoms with Gasteiger partial charge in [0.15, 0.2) is 0 Å². The highest BCUT2D eigenvalue weighted by Gasteiger charge is 2.26. The highest BCUT2D eigenvalue weighted by Crippen LogP contribution is 2.40. The molecule has 0 aliphatic heterocycles. The predicted octanol–water partition coefficient (Wildman–Crippen LogP) is 5.86. The fourth-order valence-electron chi connectivity index (χ4n) is 3.28. The van der Waals surface area contributed by atoms with Gasteiger partial charge in [-0.25, -0.2) is 0 Å². The van der Waals surface area contributed by atoms with Gasteiger partial charge in [-0.05, 0) is 36.8 Å². The van der Waals surface area contributed by atoms with E-state index in [1.807, 2.05) is 24.3 Å². The van der Waals surface area contributed by atoms with Gasteiger partial charge in [0, 0.05) is 15.0 Å². The number of benzene rings is 1. The van der Waals surface area contributed by atoms with Gasteiger partial charge < -0.3 is 5.32 Å². The maximum atomic E-state index is 12.8. The Hall–Kier alpha value is -1.87. The number of hydrogen-bond acceptors (Lipinski definition) is 4. The molecule has 1 atom stereocenters. The van der Waals surface area contributed by atoms with E-state index in [4.69, 9.17) is 11.6 Å². The summed E-state index contributed by atoms with van der Waals surface area (Å²) >= 11 is 9.31. The first kappa shape index (κ1) is 16.6. The van der Waals surface area contributed by atoms with Crippen molar-refractivity contribution < 1.29 is 4.79 Å². The minimum absolute atomic E-state index is 0.241. The minimum Gasteiger partial charge on any atom is -0.312 e. The number of thiophene rings is 2. The molecular formula is C19H15ClN2OS2. The van der Waals surface area contributed by atoms with Crippen molar-refractivity contribution in [3.05, 3.63) is 50.2 Å². The quantitative estimate of drug-likeness (QED) is 0.599. The second kappa shape index (κ2) is 6.45. The number of fused-ring (bicyclic) bond motifs is 2. The lowest BCUT2D eigenvalue weighted by Gasteiger charge is -2.17. The van der Waals surface area contributed by atoms with Crippen molar-refractivity contribution in [2.75, 3.05) is 5.32 Å². The van der Waals surface area contributed by atoms with Crippen LogP contribution in [0.5, 0.6) is 0 Å². The summed E-state index contributed by atoms with van der Waals surface area (Å²) in [6, 6.07) is 9.99. The lowest BCUT2D eigenvalue weighted by atomic mass is 9.89. The molecule has 1 amide bonds. The van der Waals surface area contributed by atoms with E-state index in [9.17, 15) is 10.1 Å². The molecule has 1 N–H and O–H groups in total. The minimum atomic E-state index is -0.241. The summed E-state index contributed by atoms with van der Waals surface area (Å²) in [5, 5.41) is 14.5. The molecule has 3 aromatic rings. The summed E-state index contributed by atoms with van der Waals surface area (Å²) in [7, 11) is 0. The Bertz CT molecular complexity index is 1030. The Kier molecular flexibility index (Phi) is 4.28. The van der Waals surface area contributed by atoms with Crippen LogP contribution in [0.1, 0.15) is 39.0 Å². The number of rotatable bonds is 2. The SMILES string of the molecule is C[C@H]1CCc2c(sc(NC(=O)c3sc4ccccc4c3Cl)c2C#N)C1. The van der Waals surface area contributed by atoms with Crippen molar-refractivity contribution in [2.24, 2.45) is 5.92 Å². The molecule has 0 fully saturated rings. The number of hydrogen-bond donors (Lipinski definition) is 1. The monoisotopic (exact) mass is 386 g/mol. The summed E-state index contributed by atoms with van der Waals surface area (Å²) in [6.07, 6.45) is 2.98. The molecular weight excluding hydrogens is 372 g/mol. The Labute approximate surface area is 158 Å². The van der Waals surface area contributed by atoms with E-state index in [1.54, 1.807) is 0 Å². The smallest absolute Gasteiger partial charge is 0.267 e. The fourth-order valence-corrected chi connectivity index (χ4v) is 6.05. The van der Waals surface area contributed by atoms with Crippen LogP contribution in [0.25, 0.3) is 10.1 Å². The van der Waals surface area contributed by atoms with Crippen LogP contribution in [-0.2, 0) is 12.8 Å². The highest BCUT2D eigenvalue weighted by atomic mass is 35.5. The van der Waals surface area contributed by atoms with Crippen LogP contribution in [0.3, 0.4) is 0 Å². The standard InChI is InChI=1S/C19H15ClN2OS2/c1-10-6-7-11-13(9-21)19(25-15(11)8-10)22-18(23)17-16(20)12-4-2-3-5-14(12)24-17/h2-5,10H,6-8H2,1H3,(H,22,23)/t10-/m0/s1. The topological polar surface area (TPSA) is 52.9 Å². The van der Waals surface area contributed by atoms with Gasteiger partial charge in [0.25, 0.3) is 5.91 Å². The number of carbonyl (C=O) groups is 1. The number of halogens is 1. The van der Waals surface area contributed by atoms with Crippen LogP contribution in [0.2, 0.25) is 5.02 Å². The molecule has 4 rings (SSSR count). The number of nitrogens with zero attached hydrogens (tertiary/aromatic N) is 1. The molecule has 0 radical (unpaired) electrons. The van der Waals surface area contributed by atoms with Gasteiger partial charge in [0.1, 0.15) is 15.9 Å². The third-order valence-electron chi connectivity index (χ3n) is 4.59. The molecule has 1 aliphatic rings. The fraction of sp³-hybridized carbons (Fsp3) is 0.263. The summed E-state index contributed by atoms with van der Waals surface area (Å²) in [6.45, 7) is 2.23. The highest BCUT2D eigenvalue weighted by molar-refractivity contribution is 7.22. The van der Waals surface area contributed by atoms with Gasteiger partial charge >= 0.3 is 0 Å². The van der Waals surface area contributed by atoms with E-state index >= 15 is 0 Å². The lowest BCUT2D eigenvalue weighted by Crippen LogP contribution is -2.11. The van der Waals surface area contributed by atoms with Gasteiger partial charge in [0.05, 0.1) is 10.6 Å². The van der Waals surface area contributed by atoms with Gasteiger partial charge in [0.2, 0.25) is 0 Å². The molecule has 0 saturated carbocycles. The van der Waals surface area contributed by atoms with Crippen LogP contribution in [0, 0.1) is 17.2 Å². The van der Waals surface area contributed by atoms with Gasteiger partial charge in [-0.15, -0.1) is 22.7 Å². The molecule has 0 spiro atoms. The van der Waals surface area contributed by atoms with Crippen molar-refractivity contribution >= 4 is 55.3 Å². The summed E-state index contributed by atoms with van der Waals surface area (Å²) < 4.78 is 0.984. The maximum Gasteiger partial charge on any atom is 0.267 e. The Morgan fingerprint density at radius 1 is 1.36 bits per heavy atom. The zero-order chi connectivity index (χ0) is 17.6. The van der Waals surface area contributed by atoms with Crippen LogP contribution in [-0.4, -0.2) is 5.91 Å². The summed E-state index contributed by atoms with van der Waals surface area (Å²) in [5.74, 6) is 0.382. The molecule has 6 heteroatoms. The number of nitriles is 1. The molecule has 2 aromatic heterocycles. The van der Waals surface area contributed by atoms with Crippen molar-refractivity contribution in [2.45, 2.75) is 26.2 Å². The zero-order valence-corrected chi connectivity index (χ0v) is 15.9. The van der Waals surface area contributed by atoms with E-state index in [0.717, 1.165) is 34.9 Å². The van der Waals surface area contributed by atoms with Crippen LogP contribution < -0.4 is 5.32 Å². The predicted molar refractivity (Wildman–Crippen MR) is 105 cm³/mol. The molecule has 0 bridgehead atoms. The molecule has 2 heterocycles. The van der Waals surface area contributed by atoms with Crippen molar-refractivity contribution in [3.63, 3.8) is 0 Å². The van der Waals surface area contributed by atoms with E-state index in [2.05, 4.69) is 18.3 Å². The molecule has 0 unspecified atom stereocenters. The molecule has 126 valence electrons. The average Bonchev–Trinajstić information content (AvgIpc) is 3.12. The normalized spacial score (nSPS) is 16.4. The van der Waals surface area contributed by atoms with Crippen molar-refractivity contribution in [3.8, 4) is 6.07 Å². The van der Waals surface area contributed by atoms with E-state index < -0.39 is 0 Å². The summed E-state index contributed by atoms with van der Waals surface area (Å²) in [4.78, 5) is 14.5. The third-order valence-corrected chi connectivity index (χ3v) is 7.44. The molecule has 1 aromatic carbocycles. The largest absolute Gasteiger partial charge is 0.312 e. The second-order valence-corrected chi connectivity index (χ2v) is 8.90. The molecule has 1 aliphatic carbocycles. The maximum absolute atomic E-state index is 12.8. The lowest BCUT2D eigenvalue weighted by molar-refractivity contribution is 0.103. The van der Waals surface area contributed by atoms with Crippen molar-refractivity contribution in [1.82, 2.24) is 0 Å². The Morgan fingerprint density at radius 2 is 2.16 bits per heavy atom. The van der Waals surface area contributed by atoms with Gasteiger partial charge in [-0.2, -0.15) is 5.26 Å². The first-order chi connectivity index (χ1) is 12.1. The molecule has 3 nitrogen and oxygen atoms in total. The van der Waals surface area contributed by atoms with E-state index in [0.29, 0.717) is 26.4 Å². The summed E-state index contributed by atoms with van der Waals surface area (Å²) in [5.41, 5.74) is 1.74. The number of carbonyl (C=O) groups excluding carboxylic acids is 1. The number of anilines is 1. The first-order valence-corrected chi connectivity index (χ1v) is 10.1.